The van der Waals surface area contributed by atoms with Crippen LogP contribution in [0.4, 0.5) is 0 Å². The molecule has 29 heavy (non-hydrogen) atoms. The molecule has 0 atom stereocenters. The number of aryl methyl sites for hydroxylation is 2. The molecule has 4 aromatic rings. The summed E-state index contributed by atoms with van der Waals surface area (Å²) in [6.07, 6.45) is 4.02. The molecule has 0 aliphatic heterocycles. The molecule has 2 aromatic heterocycles. The van der Waals surface area contributed by atoms with Gasteiger partial charge >= 0.3 is 0 Å². The molecule has 0 amide bonds. The number of ketones is 1. The summed E-state index contributed by atoms with van der Waals surface area (Å²) < 4.78 is 4.17. The summed E-state index contributed by atoms with van der Waals surface area (Å²) >= 11 is 13.4. The van der Waals surface area contributed by atoms with Gasteiger partial charge in [0.2, 0.25) is 0 Å². The molecule has 144 valence electrons. The van der Waals surface area contributed by atoms with Gasteiger partial charge in [-0.05, 0) is 42.0 Å². The van der Waals surface area contributed by atoms with Gasteiger partial charge < -0.3 is 9.13 Å². The maximum absolute atomic E-state index is 13.5. The topological polar surface area (TPSA) is 26.9 Å². The van der Waals surface area contributed by atoms with Gasteiger partial charge in [0.25, 0.3) is 0 Å². The Hall–Kier alpha value is -2.75. The van der Waals surface area contributed by atoms with E-state index in [1.54, 1.807) is 6.07 Å². The van der Waals surface area contributed by atoms with Crippen molar-refractivity contribution in [1.82, 2.24) is 9.13 Å². The molecule has 2 aromatic carbocycles. The van der Waals surface area contributed by atoms with Crippen LogP contribution >= 0.6 is 23.2 Å². The minimum atomic E-state index is -0.779. The minimum absolute atomic E-state index is 0.0952. The van der Waals surface area contributed by atoms with Crippen LogP contribution in [0.3, 0.4) is 0 Å². The lowest BCUT2D eigenvalue weighted by molar-refractivity contribution is 0.103. The van der Waals surface area contributed by atoms with Crippen molar-refractivity contribution in [1.29, 1.82) is 0 Å². The molecule has 1 aliphatic rings. The summed E-state index contributed by atoms with van der Waals surface area (Å²) in [7, 11) is 4.02. The Kier molecular flexibility index (Phi) is 4.02. The lowest BCUT2D eigenvalue weighted by atomic mass is 9.62. The van der Waals surface area contributed by atoms with Gasteiger partial charge in [-0.3, -0.25) is 4.79 Å². The highest BCUT2D eigenvalue weighted by Gasteiger charge is 2.50. The van der Waals surface area contributed by atoms with Crippen molar-refractivity contribution >= 4 is 29.0 Å². The molecule has 1 aliphatic carbocycles. The van der Waals surface area contributed by atoms with Crippen LogP contribution in [0.1, 0.15) is 38.4 Å². The zero-order chi connectivity index (χ0) is 20.3. The Balaban J connectivity index is 2.09. The SMILES string of the molecule is Cn1cccc1C1(c2cccn2C)c2cccc(Cl)c2C(=O)c2cccc(Cl)c21. The minimum Gasteiger partial charge on any atom is -0.353 e. The van der Waals surface area contributed by atoms with Gasteiger partial charge in [-0.25, -0.2) is 0 Å². The number of carbonyl (C=O) groups is 1. The van der Waals surface area contributed by atoms with E-state index in [2.05, 4.69) is 21.3 Å². The number of carbonyl (C=O) groups excluding carboxylic acids is 1. The predicted molar refractivity (Wildman–Crippen MR) is 116 cm³/mol. The second-order valence-corrected chi connectivity index (χ2v) is 8.23. The second-order valence-electron chi connectivity index (χ2n) is 7.41. The lowest BCUT2D eigenvalue weighted by Gasteiger charge is -2.42. The molecule has 0 spiro atoms. The smallest absolute Gasteiger partial charge is 0.195 e. The molecular weight excluding hydrogens is 403 g/mol. The molecule has 3 nitrogen and oxygen atoms in total. The highest BCUT2D eigenvalue weighted by atomic mass is 35.5. The fraction of sp³-hybridized carbons (Fsp3) is 0.125. The number of aromatic nitrogens is 2. The Labute approximate surface area is 179 Å². The predicted octanol–water partition coefficient (Wildman–Crippen LogP) is 5.60. The van der Waals surface area contributed by atoms with E-state index >= 15 is 0 Å². The van der Waals surface area contributed by atoms with Crippen LogP contribution in [0.2, 0.25) is 10.0 Å². The Bertz CT molecular complexity index is 1240. The number of hydrogen-bond acceptors (Lipinski definition) is 1. The van der Waals surface area contributed by atoms with E-state index < -0.39 is 5.41 Å². The van der Waals surface area contributed by atoms with Crippen molar-refractivity contribution in [3.63, 3.8) is 0 Å². The van der Waals surface area contributed by atoms with E-state index in [-0.39, 0.29) is 5.78 Å². The van der Waals surface area contributed by atoms with Crippen LogP contribution in [0.25, 0.3) is 0 Å². The summed E-state index contributed by atoms with van der Waals surface area (Å²) in [6.45, 7) is 0. The van der Waals surface area contributed by atoms with Crippen molar-refractivity contribution in [2.45, 2.75) is 5.41 Å². The van der Waals surface area contributed by atoms with Crippen molar-refractivity contribution in [2.75, 3.05) is 0 Å². The highest BCUT2D eigenvalue weighted by molar-refractivity contribution is 6.37. The van der Waals surface area contributed by atoms with Crippen LogP contribution < -0.4 is 0 Å². The average Bonchev–Trinajstić information content (AvgIpc) is 3.32. The number of fused-ring (bicyclic) bond motifs is 2. The molecule has 5 heteroatoms. The Morgan fingerprint density at radius 1 is 0.759 bits per heavy atom. The molecule has 0 N–H and O–H groups in total. The number of halogens is 2. The average molecular weight is 421 g/mol. The Morgan fingerprint density at radius 2 is 1.34 bits per heavy atom. The maximum atomic E-state index is 13.5. The quantitative estimate of drug-likeness (QED) is 0.365. The van der Waals surface area contributed by atoms with Gasteiger partial charge in [0, 0.05) is 59.6 Å². The fourth-order valence-corrected chi connectivity index (χ4v) is 5.37. The summed E-state index contributed by atoms with van der Waals surface area (Å²) in [5.41, 5.74) is 4.02. The summed E-state index contributed by atoms with van der Waals surface area (Å²) in [6, 6.07) is 19.4. The van der Waals surface area contributed by atoms with E-state index in [9.17, 15) is 4.79 Å². The highest BCUT2D eigenvalue weighted by Crippen LogP contribution is 2.53. The van der Waals surface area contributed by atoms with Gasteiger partial charge in [-0.15, -0.1) is 0 Å². The number of benzene rings is 2. The third-order valence-corrected chi connectivity index (χ3v) is 6.56. The number of rotatable bonds is 2. The van der Waals surface area contributed by atoms with E-state index in [0.717, 1.165) is 22.5 Å². The summed E-state index contributed by atoms with van der Waals surface area (Å²) in [5, 5.41) is 1.01. The first-order valence-electron chi connectivity index (χ1n) is 9.34. The molecule has 0 saturated carbocycles. The zero-order valence-electron chi connectivity index (χ0n) is 16.0. The van der Waals surface area contributed by atoms with Gasteiger partial charge in [0.15, 0.2) is 5.78 Å². The van der Waals surface area contributed by atoms with Crippen LogP contribution in [0.5, 0.6) is 0 Å². The van der Waals surface area contributed by atoms with Crippen LogP contribution in [-0.2, 0) is 19.5 Å². The zero-order valence-corrected chi connectivity index (χ0v) is 17.5. The van der Waals surface area contributed by atoms with E-state index in [1.807, 2.05) is 69.0 Å². The van der Waals surface area contributed by atoms with Crippen LogP contribution in [0.15, 0.2) is 73.1 Å². The van der Waals surface area contributed by atoms with Gasteiger partial charge in [0.1, 0.15) is 5.41 Å². The fourth-order valence-electron chi connectivity index (χ4n) is 4.80. The first-order chi connectivity index (χ1) is 14.0. The van der Waals surface area contributed by atoms with E-state index in [0.29, 0.717) is 21.2 Å². The normalized spacial score (nSPS) is 14.6. The second kappa shape index (κ2) is 6.38. The van der Waals surface area contributed by atoms with Crippen molar-refractivity contribution in [2.24, 2.45) is 14.1 Å². The largest absolute Gasteiger partial charge is 0.353 e. The first kappa shape index (κ1) is 18.3. The van der Waals surface area contributed by atoms with E-state index in [1.165, 1.54) is 0 Å². The molecule has 0 unspecified atom stereocenters. The molecule has 0 bridgehead atoms. The lowest BCUT2D eigenvalue weighted by Crippen LogP contribution is -2.41. The van der Waals surface area contributed by atoms with Crippen molar-refractivity contribution in [3.8, 4) is 0 Å². The molecule has 0 radical (unpaired) electrons. The van der Waals surface area contributed by atoms with Gasteiger partial charge in [0.05, 0.1) is 5.02 Å². The van der Waals surface area contributed by atoms with Crippen molar-refractivity contribution in [3.05, 3.63) is 117 Å². The molecule has 5 rings (SSSR count). The standard InChI is InChI=1S/C24H18Cl2N2O/c1-27-13-5-11-19(27)24(20-12-6-14-28(20)2)16-8-4-9-17(25)21(16)23(29)15-7-3-10-18(26)22(15)24/h3-14H,1-2H3. The maximum Gasteiger partial charge on any atom is 0.195 e. The number of hydrogen-bond donors (Lipinski definition) is 0. The van der Waals surface area contributed by atoms with Crippen molar-refractivity contribution < 1.29 is 4.79 Å². The molecular formula is C24H18Cl2N2O. The number of nitrogens with zero attached hydrogens (tertiary/aromatic N) is 2. The summed E-state index contributed by atoms with van der Waals surface area (Å²) in [5.74, 6) is -0.0952. The molecule has 0 saturated heterocycles. The monoisotopic (exact) mass is 420 g/mol. The molecule has 2 heterocycles. The third-order valence-electron chi connectivity index (χ3n) is 5.93. The van der Waals surface area contributed by atoms with E-state index in [4.69, 9.17) is 23.2 Å². The third kappa shape index (κ3) is 2.29. The van der Waals surface area contributed by atoms with Gasteiger partial charge in [-0.1, -0.05) is 47.5 Å². The Morgan fingerprint density at radius 3 is 1.93 bits per heavy atom. The van der Waals surface area contributed by atoms with Crippen LogP contribution in [-0.4, -0.2) is 14.9 Å². The summed E-state index contributed by atoms with van der Waals surface area (Å²) in [4.78, 5) is 13.5. The van der Waals surface area contributed by atoms with Crippen LogP contribution in [0, 0.1) is 0 Å². The molecule has 0 fully saturated rings. The first-order valence-corrected chi connectivity index (χ1v) is 10.1. The van der Waals surface area contributed by atoms with Gasteiger partial charge in [-0.2, -0.15) is 0 Å².